The van der Waals surface area contributed by atoms with Crippen LogP contribution in [0.4, 0.5) is 17.1 Å². The molecule has 6 heteroatoms. The van der Waals surface area contributed by atoms with Crippen LogP contribution in [0.5, 0.6) is 5.75 Å². The fraction of sp³-hybridized carbons (Fsp3) is 0.200. The Morgan fingerprint density at radius 1 is 0.774 bits per heavy atom. The second-order valence-electron chi connectivity index (χ2n) is 6.99. The summed E-state index contributed by atoms with van der Waals surface area (Å²) in [6.07, 6.45) is 1.25. The lowest BCUT2D eigenvalue weighted by atomic mass is 10.2. The Labute approximate surface area is 182 Å². The van der Waals surface area contributed by atoms with Gasteiger partial charge in [0.1, 0.15) is 5.75 Å². The largest absolute Gasteiger partial charge is 0.493 e. The highest BCUT2D eigenvalue weighted by molar-refractivity contribution is 5.94. The highest BCUT2D eigenvalue weighted by atomic mass is 16.5. The van der Waals surface area contributed by atoms with Gasteiger partial charge in [-0.3, -0.25) is 9.59 Å². The van der Waals surface area contributed by atoms with Crippen molar-refractivity contribution < 1.29 is 14.3 Å². The predicted octanol–water partition coefficient (Wildman–Crippen LogP) is 4.71. The van der Waals surface area contributed by atoms with Gasteiger partial charge in [-0.05, 0) is 42.0 Å². The first-order chi connectivity index (χ1) is 15.1. The SMILES string of the molecule is CCC(=O)Nc1ccc(NCC(=O)Nc2cccc(OCCc3ccccc3)c2)cc1. The number of nitrogens with one attached hydrogen (secondary N) is 3. The molecule has 0 aromatic heterocycles. The Kier molecular flexibility index (Phi) is 8.05. The molecule has 0 heterocycles. The zero-order valence-corrected chi connectivity index (χ0v) is 17.6. The normalized spacial score (nSPS) is 10.2. The number of carbonyl (C=O) groups is 2. The van der Waals surface area contributed by atoms with E-state index in [0.717, 1.165) is 17.8 Å². The highest BCUT2D eigenvalue weighted by Crippen LogP contribution is 2.18. The van der Waals surface area contributed by atoms with Crippen molar-refractivity contribution in [1.82, 2.24) is 0 Å². The number of benzene rings is 3. The van der Waals surface area contributed by atoms with Crippen molar-refractivity contribution in [1.29, 1.82) is 0 Å². The molecule has 0 spiro atoms. The summed E-state index contributed by atoms with van der Waals surface area (Å²) in [4.78, 5) is 23.7. The van der Waals surface area contributed by atoms with E-state index in [1.165, 1.54) is 5.56 Å². The van der Waals surface area contributed by atoms with E-state index in [-0.39, 0.29) is 18.4 Å². The van der Waals surface area contributed by atoms with Gasteiger partial charge >= 0.3 is 0 Å². The van der Waals surface area contributed by atoms with E-state index in [0.29, 0.717) is 24.5 Å². The Bertz CT molecular complexity index is 988. The topological polar surface area (TPSA) is 79.5 Å². The van der Waals surface area contributed by atoms with Crippen LogP contribution in [0.1, 0.15) is 18.9 Å². The molecule has 0 saturated carbocycles. The molecule has 3 aromatic carbocycles. The maximum absolute atomic E-state index is 12.3. The van der Waals surface area contributed by atoms with Crippen LogP contribution in [0, 0.1) is 0 Å². The molecule has 2 amide bonds. The molecule has 160 valence electrons. The Balaban J connectivity index is 1.43. The third-order valence-electron chi connectivity index (χ3n) is 4.56. The van der Waals surface area contributed by atoms with Crippen LogP contribution in [-0.2, 0) is 16.0 Å². The number of amides is 2. The van der Waals surface area contributed by atoms with Crippen molar-refractivity contribution in [3.8, 4) is 5.75 Å². The first-order valence-electron chi connectivity index (χ1n) is 10.3. The van der Waals surface area contributed by atoms with Gasteiger partial charge in [0.2, 0.25) is 11.8 Å². The van der Waals surface area contributed by atoms with Gasteiger partial charge in [0, 0.05) is 36.0 Å². The van der Waals surface area contributed by atoms with Crippen LogP contribution in [0.15, 0.2) is 78.9 Å². The second-order valence-corrected chi connectivity index (χ2v) is 6.99. The Morgan fingerprint density at radius 2 is 1.48 bits per heavy atom. The van der Waals surface area contributed by atoms with Gasteiger partial charge in [-0.2, -0.15) is 0 Å². The molecule has 0 atom stereocenters. The highest BCUT2D eigenvalue weighted by Gasteiger charge is 2.05. The molecular formula is C25H27N3O3. The van der Waals surface area contributed by atoms with E-state index < -0.39 is 0 Å². The molecule has 0 unspecified atom stereocenters. The van der Waals surface area contributed by atoms with E-state index in [2.05, 4.69) is 28.1 Å². The predicted molar refractivity (Wildman–Crippen MR) is 125 cm³/mol. The Morgan fingerprint density at radius 3 is 2.23 bits per heavy atom. The summed E-state index contributed by atoms with van der Waals surface area (Å²) in [6, 6.07) is 24.8. The fourth-order valence-electron chi connectivity index (χ4n) is 2.90. The van der Waals surface area contributed by atoms with Crippen molar-refractivity contribution >= 4 is 28.9 Å². The van der Waals surface area contributed by atoms with E-state index >= 15 is 0 Å². The van der Waals surface area contributed by atoms with Crippen LogP contribution in [0.25, 0.3) is 0 Å². The monoisotopic (exact) mass is 417 g/mol. The summed E-state index contributed by atoms with van der Waals surface area (Å²) in [7, 11) is 0. The number of rotatable bonds is 10. The summed E-state index contributed by atoms with van der Waals surface area (Å²) < 4.78 is 5.81. The van der Waals surface area contributed by atoms with Crippen LogP contribution in [0.2, 0.25) is 0 Å². The van der Waals surface area contributed by atoms with Gasteiger partial charge in [-0.25, -0.2) is 0 Å². The molecule has 0 aliphatic heterocycles. The molecule has 6 nitrogen and oxygen atoms in total. The molecule has 3 N–H and O–H groups in total. The third kappa shape index (κ3) is 7.51. The minimum absolute atomic E-state index is 0.0358. The van der Waals surface area contributed by atoms with E-state index in [1.54, 1.807) is 19.1 Å². The fourth-order valence-corrected chi connectivity index (χ4v) is 2.90. The zero-order valence-electron chi connectivity index (χ0n) is 17.6. The summed E-state index contributed by atoms with van der Waals surface area (Å²) in [6.45, 7) is 2.49. The van der Waals surface area contributed by atoms with Gasteiger partial charge in [0.05, 0.1) is 13.2 Å². The minimum atomic E-state index is -0.162. The lowest BCUT2D eigenvalue weighted by Crippen LogP contribution is -2.21. The number of ether oxygens (including phenoxy) is 1. The smallest absolute Gasteiger partial charge is 0.243 e. The van der Waals surface area contributed by atoms with E-state index in [1.807, 2.05) is 54.6 Å². The van der Waals surface area contributed by atoms with Crippen molar-refractivity contribution in [3.05, 3.63) is 84.4 Å². The van der Waals surface area contributed by atoms with Gasteiger partial charge in [0.15, 0.2) is 0 Å². The minimum Gasteiger partial charge on any atom is -0.493 e. The molecule has 0 saturated heterocycles. The molecular weight excluding hydrogens is 390 g/mol. The standard InChI is InChI=1S/C25H27N3O3/c1-2-24(29)27-21-13-11-20(12-14-21)26-18-25(30)28-22-9-6-10-23(17-22)31-16-15-19-7-4-3-5-8-19/h3-14,17,26H,2,15-16,18H2,1H3,(H,27,29)(H,28,30). The lowest BCUT2D eigenvalue weighted by Gasteiger charge is -2.11. The van der Waals surface area contributed by atoms with Gasteiger partial charge in [-0.15, -0.1) is 0 Å². The van der Waals surface area contributed by atoms with Gasteiger partial charge < -0.3 is 20.7 Å². The molecule has 3 aromatic rings. The van der Waals surface area contributed by atoms with Crippen molar-refractivity contribution in [2.24, 2.45) is 0 Å². The van der Waals surface area contributed by atoms with Crippen LogP contribution >= 0.6 is 0 Å². The molecule has 0 fully saturated rings. The molecule has 0 bridgehead atoms. The van der Waals surface area contributed by atoms with Crippen LogP contribution in [0.3, 0.4) is 0 Å². The average Bonchev–Trinajstić information content (AvgIpc) is 2.79. The summed E-state index contributed by atoms with van der Waals surface area (Å²) in [5, 5.41) is 8.73. The summed E-state index contributed by atoms with van der Waals surface area (Å²) in [5.41, 5.74) is 3.43. The van der Waals surface area contributed by atoms with E-state index in [9.17, 15) is 9.59 Å². The molecule has 0 radical (unpaired) electrons. The number of hydrogen-bond donors (Lipinski definition) is 3. The molecule has 3 rings (SSSR count). The van der Waals surface area contributed by atoms with Crippen molar-refractivity contribution in [3.63, 3.8) is 0 Å². The molecule has 31 heavy (non-hydrogen) atoms. The first kappa shape index (κ1) is 21.9. The maximum atomic E-state index is 12.3. The quantitative estimate of drug-likeness (QED) is 0.446. The Hall–Kier alpha value is -3.80. The third-order valence-corrected chi connectivity index (χ3v) is 4.56. The molecule has 0 aliphatic carbocycles. The maximum Gasteiger partial charge on any atom is 0.243 e. The lowest BCUT2D eigenvalue weighted by molar-refractivity contribution is -0.116. The van der Waals surface area contributed by atoms with Gasteiger partial charge in [-0.1, -0.05) is 43.3 Å². The first-order valence-corrected chi connectivity index (χ1v) is 10.3. The number of anilines is 3. The summed E-state index contributed by atoms with van der Waals surface area (Å²) in [5.74, 6) is 0.516. The number of carbonyl (C=O) groups excluding carboxylic acids is 2. The molecule has 0 aliphatic rings. The average molecular weight is 418 g/mol. The van der Waals surface area contributed by atoms with Crippen LogP contribution in [-0.4, -0.2) is 25.0 Å². The zero-order chi connectivity index (χ0) is 21.9. The summed E-state index contributed by atoms with van der Waals surface area (Å²) >= 11 is 0. The van der Waals surface area contributed by atoms with Crippen molar-refractivity contribution in [2.75, 3.05) is 29.1 Å². The number of hydrogen-bond acceptors (Lipinski definition) is 4. The van der Waals surface area contributed by atoms with Crippen molar-refractivity contribution in [2.45, 2.75) is 19.8 Å². The second kappa shape index (κ2) is 11.4. The van der Waals surface area contributed by atoms with Gasteiger partial charge in [0.25, 0.3) is 0 Å². The van der Waals surface area contributed by atoms with Crippen LogP contribution < -0.4 is 20.7 Å². The van der Waals surface area contributed by atoms with E-state index in [4.69, 9.17) is 4.74 Å².